The number of nitrogens with zero attached hydrogens (tertiary/aromatic N) is 1. The minimum Gasteiger partial charge on any atom is -0.385 e. The van der Waals surface area contributed by atoms with E-state index in [0.29, 0.717) is 0 Å². The Balaban J connectivity index is 1.96. The van der Waals surface area contributed by atoms with Gasteiger partial charge in [-0.15, -0.1) is 0 Å². The van der Waals surface area contributed by atoms with Gasteiger partial charge in [-0.25, -0.2) is 0 Å². The highest BCUT2D eigenvalue weighted by Crippen LogP contribution is 2.32. The molecule has 1 saturated heterocycles. The standard InChI is InChI=1S/C16H22N2O/c1-16(2)9-5-11-18(16)15(19)13-6-3-8-14-12(13)7-4-10-17-14/h3,6,8,17H,4-5,7,9-11H2,1-2H3. The van der Waals surface area contributed by atoms with Gasteiger partial charge in [-0.1, -0.05) is 6.07 Å². The molecule has 1 N–H and O–H groups in total. The quantitative estimate of drug-likeness (QED) is 0.839. The SMILES string of the molecule is CC1(C)CCCN1C(=O)c1cccc2c1CCCN2. The molecule has 0 aliphatic carbocycles. The zero-order valence-corrected chi connectivity index (χ0v) is 11.8. The van der Waals surface area contributed by atoms with Crippen LogP contribution in [-0.2, 0) is 6.42 Å². The number of amides is 1. The lowest BCUT2D eigenvalue weighted by atomic mass is 9.95. The fourth-order valence-corrected chi connectivity index (χ4v) is 3.34. The summed E-state index contributed by atoms with van der Waals surface area (Å²) in [7, 11) is 0. The Morgan fingerprint density at radius 2 is 2.16 bits per heavy atom. The number of carbonyl (C=O) groups is 1. The fourth-order valence-electron chi connectivity index (χ4n) is 3.34. The van der Waals surface area contributed by atoms with E-state index in [1.807, 2.05) is 12.1 Å². The molecule has 1 amide bonds. The van der Waals surface area contributed by atoms with Crippen molar-refractivity contribution in [1.29, 1.82) is 0 Å². The highest BCUT2D eigenvalue weighted by molar-refractivity contribution is 5.98. The Hall–Kier alpha value is -1.51. The van der Waals surface area contributed by atoms with Crippen molar-refractivity contribution in [2.24, 2.45) is 0 Å². The van der Waals surface area contributed by atoms with Crippen LogP contribution in [0.5, 0.6) is 0 Å². The van der Waals surface area contributed by atoms with E-state index in [4.69, 9.17) is 0 Å². The molecule has 0 spiro atoms. The van der Waals surface area contributed by atoms with Crippen molar-refractivity contribution in [3.63, 3.8) is 0 Å². The molecule has 0 bridgehead atoms. The van der Waals surface area contributed by atoms with Crippen molar-refractivity contribution in [3.8, 4) is 0 Å². The largest absolute Gasteiger partial charge is 0.385 e. The van der Waals surface area contributed by atoms with Gasteiger partial charge in [0.05, 0.1) is 0 Å². The molecular weight excluding hydrogens is 236 g/mol. The van der Waals surface area contributed by atoms with Gasteiger partial charge < -0.3 is 10.2 Å². The summed E-state index contributed by atoms with van der Waals surface area (Å²) in [6.07, 6.45) is 4.34. The molecule has 0 saturated carbocycles. The Morgan fingerprint density at radius 3 is 2.89 bits per heavy atom. The van der Waals surface area contributed by atoms with Crippen LogP contribution in [0, 0.1) is 0 Å². The van der Waals surface area contributed by atoms with Crippen molar-refractivity contribution in [2.75, 3.05) is 18.4 Å². The lowest BCUT2D eigenvalue weighted by Gasteiger charge is -2.33. The van der Waals surface area contributed by atoms with Crippen molar-refractivity contribution >= 4 is 11.6 Å². The molecule has 0 unspecified atom stereocenters. The van der Waals surface area contributed by atoms with E-state index in [9.17, 15) is 4.79 Å². The number of carbonyl (C=O) groups excluding carboxylic acids is 1. The maximum absolute atomic E-state index is 12.8. The van der Waals surface area contributed by atoms with Gasteiger partial charge in [0.1, 0.15) is 0 Å². The highest BCUT2D eigenvalue weighted by atomic mass is 16.2. The smallest absolute Gasteiger partial charge is 0.254 e. The van der Waals surface area contributed by atoms with Crippen LogP contribution in [0.3, 0.4) is 0 Å². The maximum atomic E-state index is 12.8. The third-order valence-corrected chi connectivity index (χ3v) is 4.47. The van der Waals surface area contributed by atoms with Crippen molar-refractivity contribution in [2.45, 2.75) is 45.1 Å². The lowest BCUT2D eigenvalue weighted by molar-refractivity contribution is 0.0651. The average molecular weight is 258 g/mol. The van der Waals surface area contributed by atoms with Gasteiger partial charge in [0.15, 0.2) is 0 Å². The van der Waals surface area contributed by atoms with Crippen LogP contribution in [-0.4, -0.2) is 29.4 Å². The molecule has 1 aromatic rings. The number of fused-ring (bicyclic) bond motifs is 1. The van der Waals surface area contributed by atoms with Crippen LogP contribution in [0.2, 0.25) is 0 Å². The van der Waals surface area contributed by atoms with Crippen molar-refractivity contribution in [1.82, 2.24) is 4.90 Å². The Morgan fingerprint density at radius 1 is 1.32 bits per heavy atom. The molecule has 1 aromatic carbocycles. The molecule has 3 heteroatoms. The predicted molar refractivity (Wildman–Crippen MR) is 77.6 cm³/mol. The second-order valence-corrected chi connectivity index (χ2v) is 6.23. The summed E-state index contributed by atoms with van der Waals surface area (Å²) in [5.74, 6) is 0.211. The van der Waals surface area contributed by atoms with Gasteiger partial charge in [-0.2, -0.15) is 0 Å². The number of rotatable bonds is 1. The van der Waals surface area contributed by atoms with Gasteiger partial charge in [0, 0.05) is 29.9 Å². The molecule has 2 aliphatic rings. The van der Waals surface area contributed by atoms with E-state index >= 15 is 0 Å². The first-order valence-corrected chi connectivity index (χ1v) is 7.27. The monoisotopic (exact) mass is 258 g/mol. The molecule has 0 aromatic heterocycles. The fraction of sp³-hybridized carbons (Fsp3) is 0.562. The second kappa shape index (κ2) is 4.55. The molecular formula is C16H22N2O. The first kappa shape index (κ1) is 12.5. The first-order chi connectivity index (χ1) is 9.09. The molecule has 2 aliphatic heterocycles. The van der Waals surface area contributed by atoms with Crippen LogP contribution in [0.1, 0.15) is 49.0 Å². The summed E-state index contributed by atoms with van der Waals surface area (Å²) < 4.78 is 0. The van der Waals surface area contributed by atoms with E-state index in [1.54, 1.807) is 0 Å². The van der Waals surface area contributed by atoms with Gasteiger partial charge in [-0.3, -0.25) is 4.79 Å². The first-order valence-electron chi connectivity index (χ1n) is 7.27. The summed E-state index contributed by atoms with van der Waals surface area (Å²) in [5.41, 5.74) is 3.26. The van der Waals surface area contributed by atoms with Gasteiger partial charge in [0.2, 0.25) is 0 Å². The summed E-state index contributed by atoms with van der Waals surface area (Å²) in [5, 5.41) is 3.40. The zero-order chi connectivity index (χ0) is 13.5. The number of hydrogen-bond acceptors (Lipinski definition) is 2. The summed E-state index contributed by atoms with van der Waals surface area (Å²) in [4.78, 5) is 14.9. The third kappa shape index (κ3) is 2.11. The molecule has 0 atom stereocenters. The number of nitrogens with one attached hydrogen (secondary N) is 1. The van der Waals surface area contributed by atoms with Crippen LogP contribution >= 0.6 is 0 Å². The van der Waals surface area contributed by atoms with Gasteiger partial charge >= 0.3 is 0 Å². The summed E-state index contributed by atoms with van der Waals surface area (Å²) >= 11 is 0. The Kier molecular flexibility index (Phi) is 3.00. The minimum absolute atomic E-state index is 0.00189. The normalized spacial score (nSPS) is 20.8. The molecule has 3 rings (SSSR count). The molecule has 19 heavy (non-hydrogen) atoms. The zero-order valence-electron chi connectivity index (χ0n) is 11.8. The lowest BCUT2D eigenvalue weighted by Crippen LogP contribution is -2.43. The van der Waals surface area contributed by atoms with E-state index in [0.717, 1.165) is 50.0 Å². The number of hydrogen-bond donors (Lipinski definition) is 1. The van der Waals surface area contributed by atoms with E-state index in [2.05, 4.69) is 30.1 Å². The number of anilines is 1. The van der Waals surface area contributed by atoms with Gasteiger partial charge in [0.25, 0.3) is 5.91 Å². The maximum Gasteiger partial charge on any atom is 0.254 e. The summed E-state index contributed by atoms with van der Waals surface area (Å²) in [6, 6.07) is 6.07. The van der Waals surface area contributed by atoms with E-state index in [-0.39, 0.29) is 11.4 Å². The minimum atomic E-state index is 0.00189. The van der Waals surface area contributed by atoms with Crippen molar-refractivity contribution < 1.29 is 4.79 Å². The second-order valence-electron chi connectivity index (χ2n) is 6.23. The van der Waals surface area contributed by atoms with Gasteiger partial charge in [-0.05, 0) is 57.2 Å². The van der Waals surface area contributed by atoms with Crippen LogP contribution in [0.15, 0.2) is 18.2 Å². The topological polar surface area (TPSA) is 32.3 Å². The molecule has 0 radical (unpaired) electrons. The van der Waals surface area contributed by atoms with Crippen LogP contribution < -0.4 is 5.32 Å². The molecule has 3 nitrogen and oxygen atoms in total. The summed E-state index contributed by atoms with van der Waals surface area (Å²) in [6.45, 7) is 6.25. The highest BCUT2D eigenvalue weighted by Gasteiger charge is 2.36. The van der Waals surface area contributed by atoms with E-state index in [1.165, 1.54) is 5.56 Å². The number of likely N-dealkylation sites (tertiary alicyclic amines) is 1. The molecule has 1 fully saturated rings. The predicted octanol–water partition coefficient (Wildman–Crippen LogP) is 3.06. The van der Waals surface area contributed by atoms with E-state index < -0.39 is 0 Å². The third-order valence-electron chi connectivity index (χ3n) is 4.47. The van der Waals surface area contributed by atoms with Crippen molar-refractivity contribution in [3.05, 3.63) is 29.3 Å². The molecule has 102 valence electrons. The Labute approximate surface area is 115 Å². The number of benzene rings is 1. The van der Waals surface area contributed by atoms with Crippen LogP contribution in [0.4, 0.5) is 5.69 Å². The Bertz CT molecular complexity index is 507. The molecule has 2 heterocycles. The average Bonchev–Trinajstić information content (AvgIpc) is 2.77. The van der Waals surface area contributed by atoms with Crippen LogP contribution in [0.25, 0.3) is 0 Å².